The van der Waals surface area contributed by atoms with E-state index < -0.39 is 5.97 Å². The number of aromatic nitrogens is 3. The van der Waals surface area contributed by atoms with Crippen molar-refractivity contribution >= 4 is 27.5 Å². The van der Waals surface area contributed by atoms with E-state index in [0.717, 1.165) is 15.1 Å². The Morgan fingerprint density at radius 3 is 3.05 bits per heavy atom. The van der Waals surface area contributed by atoms with Gasteiger partial charge in [0, 0.05) is 11.1 Å². The van der Waals surface area contributed by atoms with E-state index in [1.807, 2.05) is 13.0 Å². The minimum Gasteiger partial charge on any atom is -0.478 e. The van der Waals surface area contributed by atoms with Crippen LogP contribution in [0.4, 0.5) is 0 Å². The van der Waals surface area contributed by atoms with Crippen molar-refractivity contribution in [1.82, 2.24) is 15.0 Å². The van der Waals surface area contributed by atoms with Gasteiger partial charge in [0.05, 0.1) is 11.6 Å². The van der Waals surface area contributed by atoms with Crippen molar-refractivity contribution in [1.29, 1.82) is 0 Å². The minimum atomic E-state index is -1.07. The lowest BCUT2D eigenvalue weighted by Gasteiger charge is -2.07. The number of carboxylic acid groups (broad SMARTS) is 1. The van der Waals surface area contributed by atoms with Gasteiger partial charge in [-0.05, 0) is 19.1 Å². The molecule has 0 aromatic carbocycles. The summed E-state index contributed by atoms with van der Waals surface area (Å²) < 4.78 is 5.61. The van der Waals surface area contributed by atoms with Gasteiger partial charge in [-0.15, -0.1) is 11.3 Å². The van der Waals surface area contributed by atoms with Crippen LogP contribution in [0.3, 0.4) is 0 Å². The largest absolute Gasteiger partial charge is 0.478 e. The van der Waals surface area contributed by atoms with E-state index in [4.69, 9.17) is 9.84 Å². The maximum absolute atomic E-state index is 11.1. The predicted octanol–water partition coefficient (Wildman–Crippen LogP) is 2.89. The van der Waals surface area contributed by atoms with Gasteiger partial charge in [0.25, 0.3) is 0 Å². The van der Waals surface area contributed by atoms with Gasteiger partial charge >= 0.3 is 5.97 Å². The second-order valence-electron chi connectivity index (χ2n) is 4.03. The number of aromatic carboxylic acids is 1. The first-order chi connectivity index (χ1) is 9.65. The van der Waals surface area contributed by atoms with Gasteiger partial charge in [-0.2, -0.15) is 0 Å². The number of aryl methyl sites for hydroxylation is 1. The summed E-state index contributed by atoms with van der Waals surface area (Å²) in [7, 11) is 0. The van der Waals surface area contributed by atoms with Crippen LogP contribution >= 0.6 is 11.3 Å². The van der Waals surface area contributed by atoms with E-state index in [0.29, 0.717) is 5.88 Å². The summed E-state index contributed by atoms with van der Waals surface area (Å²) in [5.74, 6) is -0.590. The number of pyridine rings is 1. The highest BCUT2D eigenvalue weighted by Crippen LogP contribution is 2.32. The highest BCUT2D eigenvalue weighted by molar-refractivity contribution is 7.18. The molecule has 1 N–H and O–H groups in total. The fourth-order valence-electron chi connectivity index (χ4n) is 1.78. The Morgan fingerprint density at radius 1 is 1.40 bits per heavy atom. The number of hydrogen-bond acceptors (Lipinski definition) is 6. The summed E-state index contributed by atoms with van der Waals surface area (Å²) in [6.45, 7) is 1.96. The van der Waals surface area contributed by atoms with Crippen molar-refractivity contribution in [3.63, 3.8) is 0 Å². The highest BCUT2D eigenvalue weighted by atomic mass is 32.1. The van der Waals surface area contributed by atoms with E-state index in [-0.39, 0.29) is 11.3 Å². The second-order valence-corrected chi connectivity index (χ2v) is 5.27. The summed E-state index contributed by atoms with van der Waals surface area (Å²) >= 11 is 1.52. The number of nitrogens with zero attached hydrogens (tertiary/aromatic N) is 3. The molecule has 7 heteroatoms. The lowest BCUT2D eigenvalue weighted by Crippen LogP contribution is -2.01. The van der Waals surface area contributed by atoms with Crippen molar-refractivity contribution in [2.45, 2.75) is 6.92 Å². The third-order valence-electron chi connectivity index (χ3n) is 2.64. The third kappa shape index (κ3) is 2.19. The Kier molecular flexibility index (Phi) is 3.03. The number of carboxylic acids is 1. The molecular weight excluding hydrogens is 278 g/mol. The van der Waals surface area contributed by atoms with Gasteiger partial charge in [-0.3, -0.25) is 4.98 Å². The molecule has 0 aliphatic carbocycles. The highest BCUT2D eigenvalue weighted by Gasteiger charge is 2.15. The Hall–Kier alpha value is -2.54. The Balaban J connectivity index is 2.08. The van der Waals surface area contributed by atoms with Crippen LogP contribution in [0.5, 0.6) is 11.6 Å². The average molecular weight is 287 g/mol. The Morgan fingerprint density at radius 2 is 2.25 bits per heavy atom. The summed E-state index contributed by atoms with van der Waals surface area (Å²) in [5, 5.41) is 9.88. The number of thiophene rings is 1. The SMILES string of the molecule is Cc1cc2c(Oc3cnccc3C(=O)O)ncnc2s1. The van der Waals surface area contributed by atoms with E-state index in [9.17, 15) is 4.79 Å². The number of fused-ring (bicyclic) bond motifs is 1. The van der Waals surface area contributed by atoms with Gasteiger partial charge < -0.3 is 9.84 Å². The molecule has 0 bridgehead atoms. The van der Waals surface area contributed by atoms with Crippen molar-refractivity contribution in [2.24, 2.45) is 0 Å². The van der Waals surface area contributed by atoms with E-state index >= 15 is 0 Å². The molecule has 3 rings (SSSR count). The second kappa shape index (κ2) is 4.86. The van der Waals surface area contributed by atoms with Gasteiger partial charge in [0.2, 0.25) is 5.88 Å². The van der Waals surface area contributed by atoms with Gasteiger partial charge in [0.1, 0.15) is 16.7 Å². The van der Waals surface area contributed by atoms with Gasteiger partial charge in [0.15, 0.2) is 5.75 Å². The number of carbonyl (C=O) groups is 1. The first-order valence-electron chi connectivity index (χ1n) is 5.71. The molecule has 3 aromatic rings. The van der Waals surface area contributed by atoms with Crippen LogP contribution in [-0.4, -0.2) is 26.0 Å². The van der Waals surface area contributed by atoms with Crippen LogP contribution in [0.15, 0.2) is 30.9 Å². The topological polar surface area (TPSA) is 85.2 Å². The van der Waals surface area contributed by atoms with Crippen molar-refractivity contribution in [3.05, 3.63) is 41.3 Å². The molecule has 3 aromatic heterocycles. The third-order valence-corrected chi connectivity index (χ3v) is 3.60. The zero-order valence-electron chi connectivity index (χ0n) is 10.4. The quantitative estimate of drug-likeness (QED) is 0.797. The Bertz CT molecular complexity index is 800. The Labute approximate surface area is 117 Å². The van der Waals surface area contributed by atoms with E-state index in [2.05, 4.69) is 15.0 Å². The molecule has 0 unspecified atom stereocenters. The van der Waals surface area contributed by atoms with Crippen LogP contribution in [0.2, 0.25) is 0 Å². The predicted molar refractivity (Wildman–Crippen MR) is 73.4 cm³/mol. The summed E-state index contributed by atoms with van der Waals surface area (Å²) in [4.78, 5) is 25.1. The molecule has 0 atom stereocenters. The van der Waals surface area contributed by atoms with E-state index in [1.54, 1.807) is 0 Å². The summed E-state index contributed by atoms with van der Waals surface area (Å²) in [6, 6.07) is 3.29. The standard InChI is InChI=1S/C13H9N3O3S/c1-7-4-9-11(15-6-16-12(9)20-7)19-10-5-14-3-2-8(10)13(17)18/h2-6H,1H3,(H,17,18). The van der Waals surface area contributed by atoms with Crippen LogP contribution in [0.1, 0.15) is 15.2 Å². The fourth-order valence-corrected chi connectivity index (χ4v) is 2.62. The smallest absolute Gasteiger partial charge is 0.339 e. The van der Waals surface area contributed by atoms with E-state index in [1.165, 1.54) is 36.1 Å². The fraction of sp³-hybridized carbons (Fsp3) is 0.0769. The lowest BCUT2D eigenvalue weighted by atomic mass is 10.2. The molecule has 0 aliphatic rings. The van der Waals surface area contributed by atoms with Crippen LogP contribution in [-0.2, 0) is 0 Å². The van der Waals surface area contributed by atoms with Gasteiger partial charge in [-0.25, -0.2) is 14.8 Å². The first-order valence-corrected chi connectivity index (χ1v) is 6.53. The number of hydrogen-bond donors (Lipinski definition) is 1. The van der Waals surface area contributed by atoms with Crippen LogP contribution in [0, 0.1) is 6.92 Å². The molecule has 0 amide bonds. The maximum atomic E-state index is 11.1. The molecule has 0 spiro atoms. The molecule has 0 fully saturated rings. The normalized spacial score (nSPS) is 10.7. The molecule has 0 aliphatic heterocycles. The molecular formula is C13H9N3O3S. The van der Waals surface area contributed by atoms with Crippen LogP contribution < -0.4 is 4.74 Å². The van der Waals surface area contributed by atoms with Crippen LogP contribution in [0.25, 0.3) is 10.2 Å². The number of ether oxygens (including phenoxy) is 1. The summed E-state index contributed by atoms with van der Waals surface area (Å²) in [6.07, 6.45) is 4.15. The molecule has 3 heterocycles. The average Bonchev–Trinajstić information content (AvgIpc) is 2.80. The monoisotopic (exact) mass is 287 g/mol. The minimum absolute atomic E-state index is 0.0405. The van der Waals surface area contributed by atoms with Crippen molar-refractivity contribution in [2.75, 3.05) is 0 Å². The lowest BCUT2D eigenvalue weighted by molar-refractivity contribution is 0.0694. The first kappa shape index (κ1) is 12.5. The molecule has 100 valence electrons. The molecule has 0 radical (unpaired) electrons. The maximum Gasteiger partial charge on any atom is 0.339 e. The van der Waals surface area contributed by atoms with Gasteiger partial charge in [-0.1, -0.05) is 0 Å². The molecule has 6 nitrogen and oxygen atoms in total. The molecule has 0 saturated heterocycles. The van der Waals surface area contributed by atoms with Crippen molar-refractivity contribution < 1.29 is 14.6 Å². The molecule has 20 heavy (non-hydrogen) atoms. The zero-order valence-corrected chi connectivity index (χ0v) is 11.2. The summed E-state index contributed by atoms with van der Waals surface area (Å²) in [5.41, 5.74) is 0.0405. The zero-order chi connectivity index (χ0) is 14.1. The number of rotatable bonds is 3. The molecule has 0 saturated carbocycles. The van der Waals surface area contributed by atoms with Crippen molar-refractivity contribution in [3.8, 4) is 11.6 Å².